The predicted octanol–water partition coefficient (Wildman–Crippen LogP) is 2.63. The van der Waals surface area contributed by atoms with Crippen molar-refractivity contribution in [2.24, 2.45) is 0 Å². The molecule has 0 saturated heterocycles. The molecule has 3 amide bonds. The van der Waals surface area contributed by atoms with E-state index in [1.165, 1.54) is 35.6 Å². The van der Waals surface area contributed by atoms with Crippen LogP contribution in [0.2, 0.25) is 0 Å². The summed E-state index contributed by atoms with van der Waals surface area (Å²) in [5.74, 6) is -1.24. The van der Waals surface area contributed by atoms with Gasteiger partial charge in [-0.25, -0.2) is 14.0 Å². The van der Waals surface area contributed by atoms with Crippen LogP contribution in [0, 0.1) is 5.82 Å². The Morgan fingerprint density at radius 2 is 2.00 bits per heavy atom. The summed E-state index contributed by atoms with van der Waals surface area (Å²) in [5, 5.41) is 9.98. The molecule has 1 aliphatic heterocycles. The van der Waals surface area contributed by atoms with Gasteiger partial charge in [0, 0.05) is 22.8 Å². The molecule has 0 saturated carbocycles. The van der Waals surface area contributed by atoms with Crippen LogP contribution in [0.5, 0.6) is 0 Å². The Balaban J connectivity index is 1.76. The maximum atomic E-state index is 13.0. The average molecular weight is 447 g/mol. The first-order valence-corrected chi connectivity index (χ1v) is 10.5. The zero-order chi connectivity index (χ0) is 22.4. The number of rotatable bonds is 8. The number of likely N-dealkylation sites (N-methyl/N-ethyl adjacent to an activating group) is 1. The lowest BCUT2D eigenvalue weighted by Crippen LogP contribution is -2.48. The Morgan fingerprint density at radius 1 is 1.26 bits per heavy atom. The summed E-state index contributed by atoms with van der Waals surface area (Å²) in [7, 11) is 1.69. The van der Waals surface area contributed by atoms with E-state index < -0.39 is 23.9 Å². The third kappa shape index (κ3) is 5.89. The fourth-order valence-electron chi connectivity index (χ4n) is 3.17. The molecule has 0 aliphatic carbocycles. The van der Waals surface area contributed by atoms with E-state index in [4.69, 9.17) is 4.74 Å². The molecule has 2 aromatic rings. The minimum atomic E-state index is -0.635. The summed E-state index contributed by atoms with van der Waals surface area (Å²) < 4.78 is 18.2. The molecule has 10 heteroatoms. The second-order valence-electron chi connectivity index (χ2n) is 6.89. The molecular weight excluding hydrogens is 423 g/mol. The molecule has 2 heterocycles. The number of carbonyl (C=O) groups is 3. The van der Waals surface area contributed by atoms with E-state index in [-0.39, 0.29) is 25.6 Å². The van der Waals surface area contributed by atoms with Crippen LogP contribution in [0.1, 0.15) is 17.8 Å². The molecule has 164 valence electrons. The lowest BCUT2D eigenvalue weighted by molar-refractivity contribution is -0.139. The number of amides is 3. The van der Waals surface area contributed by atoms with Crippen LogP contribution in [0.25, 0.3) is 0 Å². The molecule has 8 nitrogen and oxygen atoms in total. The van der Waals surface area contributed by atoms with E-state index in [2.05, 4.69) is 16.0 Å². The van der Waals surface area contributed by atoms with Gasteiger partial charge < -0.3 is 20.7 Å². The monoisotopic (exact) mass is 446 g/mol. The Kier molecular flexibility index (Phi) is 7.37. The summed E-state index contributed by atoms with van der Waals surface area (Å²) in [6, 6.07) is 8.03. The number of anilines is 1. The van der Waals surface area contributed by atoms with E-state index in [9.17, 15) is 18.8 Å². The molecule has 0 bridgehead atoms. The molecule has 1 aliphatic rings. The number of ether oxygens (including phenoxy) is 1. The highest BCUT2D eigenvalue weighted by atomic mass is 32.1. The van der Waals surface area contributed by atoms with Gasteiger partial charge in [0.1, 0.15) is 5.82 Å². The maximum Gasteiger partial charge on any atom is 0.338 e. The van der Waals surface area contributed by atoms with Crippen molar-refractivity contribution in [2.75, 3.05) is 32.1 Å². The van der Waals surface area contributed by atoms with E-state index in [1.807, 2.05) is 17.5 Å². The third-order valence-electron chi connectivity index (χ3n) is 4.45. The van der Waals surface area contributed by atoms with E-state index in [0.29, 0.717) is 17.0 Å². The van der Waals surface area contributed by atoms with Crippen LogP contribution >= 0.6 is 11.3 Å². The number of esters is 1. The summed E-state index contributed by atoms with van der Waals surface area (Å²) in [6.45, 7) is 2.03. The molecule has 1 atom stereocenters. The second kappa shape index (κ2) is 10.2. The number of thiophene rings is 1. The third-order valence-corrected chi connectivity index (χ3v) is 5.38. The number of urea groups is 1. The molecule has 3 N–H and O–H groups in total. The lowest BCUT2D eigenvalue weighted by atomic mass is 10.0. The SMILES string of the molecule is CCOC(=O)C1=C(CN(C)CC(=O)Nc2ccc(F)cc2)NC(=O)N[C@H]1c1cccs1. The Bertz CT molecular complexity index is 976. The van der Waals surface area contributed by atoms with Crippen LogP contribution in [0.15, 0.2) is 53.0 Å². The molecule has 0 spiro atoms. The van der Waals surface area contributed by atoms with Crippen LogP contribution in [-0.4, -0.2) is 49.6 Å². The zero-order valence-electron chi connectivity index (χ0n) is 17.1. The number of halogens is 1. The van der Waals surface area contributed by atoms with Gasteiger partial charge in [-0.15, -0.1) is 11.3 Å². The van der Waals surface area contributed by atoms with Crippen molar-refractivity contribution in [3.63, 3.8) is 0 Å². The number of hydrogen-bond donors (Lipinski definition) is 3. The first kappa shape index (κ1) is 22.4. The Labute approximate surface area is 183 Å². The minimum Gasteiger partial charge on any atom is -0.463 e. The van der Waals surface area contributed by atoms with Gasteiger partial charge in [0.15, 0.2) is 0 Å². The maximum absolute atomic E-state index is 13.0. The number of nitrogens with one attached hydrogen (secondary N) is 3. The quantitative estimate of drug-likeness (QED) is 0.542. The Hall–Kier alpha value is -3.24. The number of nitrogens with zero attached hydrogens (tertiary/aromatic N) is 1. The normalized spacial score (nSPS) is 16.0. The molecule has 0 fully saturated rings. The lowest BCUT2D eigenvalue weighted by Gasteiger charge is -2.30. The van der Waals surface area contributed by atoms with Gasteiger partial charge in [-0.05, 0) is 49.7 Å². The molecule has 31 heavy (non-hydrogen) atoms. The van der Waals surface area contributed by atoms with Crippen molar-refractivity contribution in [1.82, 2.24) is 15.5 Å². The highest BCUT2D eigenvalue weighted by Gasteiger charge is 2.34. The largest absolute Gasteiger partial charge is 0.463 e. The van der Waals surface area contributed by atoms with Crippen molar-refractivity contribution < 1.29 is 23.5 Å². The van der Waals surface area contributed by atoms with Crippen LogP contribution in [0.3, 0.4) is 0 Å². The van der Waals surface area contributed by atoms with Crippen LogP contribution in [-0.2, 0) is 14.3 Å². The predicted molar refractivity (Wildman–Crippen MR) is 115 cm³/mol. The van der Waals surface area contributed by atoms with Gasteiger partial charge in [0.25, 0.3) is 0 Å². The van der Waals surface area contributed by atoms with Gasteiger partial charge in [0.05, 0.1) is 24.8 Å². The smallest absolute Gasteiger partial charge is 0.338 e. The number of benzene rings is 1. The fourth-order valence-corrected chi connectivity index (χ4v) is 3.95. The van der Waals surface area contributed by atoms with Gasteiger partial charge in [-0.1, -0.05) is 6.07 Å². The van der Waals surface area contributed by atoms with Crippen LogP contribution < -0.4 is 16.0 Å². The summed E-state index contributed by atoms with van der Waals surface area (Å²) in [5.41, 5.74) is 1.14. The van der Waals surface area contributed by atoms with Gasteiger partial charge >= 0.3 is 12.0 Å². The van der Waals surface area contributed by atoms with E-state index in [0.717, 1.165) is 4.88 Å². The summed E-state index contributed by atoms with van der Waals surface area (Å²) >= 11 is 1.42. The molecule has 3 rings (SSSR count). The van der Waals surface area contributed by atoms with Gasteiger partial charge in [0.2, 0.25) is 5.91 Å². The second-order valence-corrected chi connectivity index (χ2v) is 7.87. The molecule has 1 aromatic heterocycles. The molecule has 0 radical (unpaired) electrons. The van der Waals surface area contributed by atoms with E-state index in [1.54, 1.807) is 18.9 Å². The highest BCUT2D eigenvalue weighted by molar-refractivity contribution is 7.10. The number of carbonyl (C=O) groups excluding carboxylic acids is 3. The summed E-state index contributed by atoms with van der Waals surface area (Å²) in [6.07, 6.45) is 0. The summed E-state index contributed by atoms with van der Waals surface area (Å²) in [4.78, 5) is 39.7. The number of hydrogen-bond acceptors (Lipinski definition) is 6. The van der Waals surface area contributed by atoms with E-state index >= 15 is 0 Å². The molecular formula is C21H23FN4O4S. The van der Waals surface area contributed by atoms with Crippen molar-refractivity contribution in [3.05, 3.63) is 63.7 Å². The standard InChI is InChI=1S/C21H23FN4O4S/c1-3-30-20(28)18-15(24-21(29)25-19(18)16-5-4-10-31-16)11-26(2)12-17(27)23-14-8-6-13(22)7-9-14/h4-10,19H,3,11-12H2,1-2H3,(H,23,27)(H2,24,25,29)/t19-/m0/s1. The minimum absolute atomic E-state index is 0.00997. The van der Waals surface area contributed by atoms with Gasteiger partial charge in [-0.2, -0.15) is 0 Å². The van der Waals surface area contributed by atoms with Crippen molar-refractivity contribution in [2.45, 2.75) is 13.0 Å². The topological polar surface area (TPSA) is 99.8 Å². The Morgan fingerprint density at radius 3 is 2.65 bits per heavy atom. The highest BCUT2D eigenvalue weighted by Crippen LogP contribution is 2.30. The average Bonchev–Trinajstić information content (AvgIpc) is 3.24. The van der Waals surface area contributed by atoms with Gasteiger partial charge in [-0.3, -0.25) is 9.69 Å². The molecule has 0 unspecified atom stereocenters. The first-order chi connectivity index (χ1) is 14.9. The van der Waals surface area contributed by atoms with Crippen molar-refractivity contribution in [1.29, 1.82) is 0 Å². The fraction of sp³-hybridized carbons (Fsp3) is 0.286. The van der Waals surface area contributed by atoms with Crippen molar-refractivity contribution >= 4 is 34.9 Å². The van der Waals surface area contributed by atoms with Crippen molar-refractivity contribution in [3.8, 4) is 0 Å². The van der Waals surface area contributed by atoms with Crippen LogP contribution in [0.4, 0.5) is 14.9 Å². The molecule has 1 aromatic carbocycles. The zero-order valence-corrected chi connectivity index (χ0v) is 17.9. The first-order valence-electron chi connectivity index (χ1n) is 9.62.